The van der Waals surface area contributed by atoms with Crippen LogP contribution in [0.5, 0.6) is 0 Å². The fraction of sp³-hybridized carbons (Fsp3) is 0.571. The van der Waals surface area contributed by atoms with Crippen LogP contribution in [0.2, 0.25) is 0 Å². The van der Waals surface area contributed by atoms with E-state index in [0.717, 1.165) is 5.56 Å². The van der Waals surface area contributed by atoms with E-state index >= 15 is 0 Å². The predicted octanol–water partition coefficient (Wildman–Crippen LogP) is 1.18. The molecule has 8 heteroatoms. The van der Waals surface area contributed by atoms with Gasteiger partial charge in [-0.1, -0.05) is 12.1 Å². The Kier molecular flexibility index (Phi) is 7.08. The zero-order valence-corrected chi connectivity index (χ0v) is 14.5. The van der Waals surface area contributed by atoms with E-state index in [1.165, 1.54) is 4.31 Å². The van der Waals surface area contributed by atoms with Gasteiger partial charge in [-0.3, -0.25) is 0 Å². The summed E-state index contributed by atoms with van der Waals surface area (Å²) in [6.45, 7) is 4.91. The van der Waals surface area contributed by atoms with Gasteiger partial charge in [0.25, 0.3) is 10.2 Å². The van der Waals surface area contributed by atoms with Crippen molar-refractivity contribution in [1.82, 2.24) is 9.03 Å². The van der Waals surface area contributed by atoms with Crippen molar-refractivity contribution in [3.05, 3.63) is 29.8 Å². The van der Waals surface area contributed by atoms with Crippen LogP contribution < -0.4 is 10.5 Å². The van der Waals surface area contributed by atoms with Gasteiger partial charge in [0.1, 0.15) is 0 Å². The summed E-state index contributed by atoms with van der Waals surface area (Å²) >= 11 is 0. The normalized spacial score (nSPS) is 23.0. The Morgan fingerprint density at radius 3 is 2.32 bits per heavy atom. The second kappa shape index (κ2) is 8.12. The molecule has 2 atom stereocenters. The van der Waals surface area contributed by atoms with E-state index in [0.29, 0.717) is 31.7 Å². The van der Waals surface area contributed by atoms with Crippen LogP contribution in [-0.4, -0.2) is 44.6 Å². The second-order valence-corrected chi connectivity index (χ2v) is 7.22. The zero-order chi connectivity index (χ0) is 15.5. The standard InChI is InChI=1S/C14H23N3O3S.ClH/c1-11-9-17(10-12(2)20-11)21(18,19)16-8-7-13-3-5-14(15)6-4-13;/h3-6,11-12,16H,7-10,15H2,1-2H3;1H. The molecule has 1 aliphatic heterocycles. The van der Waals surface area contributed by atoms with E-state index in [-0.39, 0.29) is 24.6 Å². The first kappa shape index (κ1) is 19.2. The Balaban J connectivity index is 0.00000242. The number of hydrogen-bond acceptors (Lipinski definition) is 4. The average Bonchev–Trinajstić information content (AvgIpc) is 2.40. The third-order valence-corrected chi connectivity index (χ3v) is 4.95. The lowest BCUT2D eigenvalue weighted by Crippen LogP contribution is -2.52. The number of nitrogens with one attached hydrogen (secondary N) is 1. The van der Waals surface area contributed by atoms with E-state index in [1.54, 1.807) is 0 Å². The fourth-order valence-corrected chi connectivity index (χ4v) is 3.78. The summed E-state index contributed by atoms with van der Waals surface area (Å²) in [5.74, 6) is 0. The van der Waals surface area contributed by atoms with Gasteiger partial charge in [0, 0.05) is 25.3 Å². The molecule has 6 nitrogen and oxygen atoms in total. The third kappa shape index (κ3) is 5.40. The first-order valence-corrected chi connectivity index (χ1v) is 8.55. The number of hydrogen-bond donors (Lipinski definition) is 2. The molecule has 1 heterocycles. The SMILES string of the molecule is CC1CN(S(=O)(=O)NCCc2ccc(N)cc2)CC(C)O1.Cl. The summed E-state index contributed by atoms with van der Waals surface area (Å²) in [6, 6.07) is 7.44. The quantitative estimate of drug-likeness (QED) is 0.782. The van der Waals surface area contributed by atoms with E-state index in [9.17, 15) is 8.42 Å². The second-order valence-electron chi connectivity index (χ2n) is 5.47. The number of halogens is 1. The van der Waals surface area contributed by atoms with Crippen LogP contribution in [-0.2, 0) is 21.4 Å². The molecule has 0 amide bonds. The minimum absolute atomic E-state index is 0. The Morgan fingerprint density at radius 2 is 1.77 bits per heavy atom. The summed E-state index contributed by atoms with van der Waals surface area (Å²) in [6.07, 6.45) is 0.472. The lowest BCUT2D eigenvalue weighted by atomic mass is 10.1. The molecule has 1 aliphatic rings. The van der Waals surface area contributed by atoms with Gasteiger partial charge < -0.3 is 10.5 Å². The van der Waals surface area contributed by atoms with E-state index in [4.69, 9.17) is 10.5 Å². The van der Waals surface area contributed by atoms with Gasteiger partial charge in [0.05, 0.1) is 12.2 Å². The third-order valence-electron chi connectivity index (χ3n) is 3.40. The Hall–Kier alpha value is -0.860. The highest BCUT2D eigenvalue weighted by molar-refractivity contribution is 7.87. The first-order chi connectivity index (χ1) is 9.87. The molecule has 1 fully saturated rings. The van der Waals surface area contributed by atoms with Crippen molar-refractivity contribution in [2.75, 3.05) is 25.4 Å². The van der Waals surface area contributed by atoms with Gasteiger partial charge in [-0.25, -0.2) is 4.72 Å². The first-order valence-electron chi connectivity index (χ1n) is 7.11. The molecule has 0 radical (unpaired) electrons. The molecule has 0 aromatic heterocycles. The zero-order valence-electron chi connectivity index (χ0n) is 12.9. The highest BCUT2D eigenvalue weighted by atomic mass is 35.5. The van der Waals surface area contributed by atoms with Crippen LogP contribution in [0.1, 0.15) is 19.4 Å². The number of benzene rings is 1. The molecule has 1 aromatic rings. The van der Waals surface area contributed by atoms with Crippen molar-refractivity contribution in [3.63, 3.8) is 0 Å². The van der Waals surface area contributed by atoms with E-state index in [2.05, 4.69) is 4.72 Å². The Morgan fingerprint density at radius 1 is 1.23 bits per heavy atom. The van der Waals surface area contributed by atoms with Gasteiger partial charge in [0.15, 0.2) is 0 Å². The molecule has 2 unspecified atom stereocenters. The van der Waals surface area contributed by atoms with Gasteiger partial charge in [-0.15, -0.1) is 12.4 Å². The minimum atomic E-state index is -3.45. The number of nitrogens with zero attached hydrogens (tertiary/aromatic N) is 1. The largest absolute Gasteiger partial charge is 0.399 e. The van der Waals surface area contributed by atoms with Gasteiger partial charge in [-0.05, 0) is 38.0 Å². The highest BCUT2D eigenvalue weighted by Crippen LogP contribution is 2.13. The molecule has 0 spiro atoms. The summed E-state index contributed by atoms with van der Waals surface area (Å²) in [4.78, 5) is 0. The maximum Gasteiger partial charge on any atom is 0.279 e. The van der Waals surface area contributed by atoms with Crippen molar-refractivity contribution in [2.24, 2.45) is 0 Å². The lowest BCUT2D eigenvalue weighted by Gasteiger charge is -2.34. The van der Waals surface area contributed by atoms with Gasteiger partial charge in [-0.2, -0.15) is 12.7 Å². The average molecular weight is 350 g/mol. The molecular weight excluding hydrogens is 326 g/mol. The Bertz CT molecular complexity index is 555. The number of rotatable bonds is 5. The molecule has 0 aliphatic carbocycles. The molecular formula is C14H24ClN3O3S. The molecule has 1 aromatic carbocycles. The van der Waals surface area contributed by atoms with Gasteiger partial charge in [0.2, 0.25) is 0 Å². The van der Waals surface area contributed by atoms with Crippen molar-refractivity contribution < 1.29 is 13.2 Å². The molecule has 1 saturated heterocycles. The summed E-state index contributed by atoms with van der Waals surface area (Å²) in [7, 11) is -3.45. The topological polar surface area (TPSA) is 84.7 Å². The van der Waals surface area contributed by atoms with Crippen molar-refractivity contribution in [3.8, 4) is 0 Å². The molecule has 3 N–H and O–H groups in total. The summed E-state index contributed by atoms with van der Waals surface area (Å²) in [5.41, 5.74) is 7.37. The van der Waals surface area contributed by atoms with E-state index < -0.39 is 10.2 Å². The summed E-state index contributed by atoms with van der Waals surface area (Å²) in [5, 5.41) is 0. The van der Waals surface area contributed by atoms with Crippen LogP contribution in [0.25, 0.3) is 0 Å². The maximum absolute atomic E-state index is 12.3. The molecule has 2 rings (SSSR count). The van der Waals surface area contributed by atoms with Crippen molar-refractivity contribution in [1.29, 1.82) is 0 Å². The van der Waals surface area contributed by atoms with Crippen LogP contribution in [0.15, 0.2) is 24.3 Å². The van der Waals surface area contributed by atoms with Crippen LogP contribution in [0.3, 0.4) is 0 Å². The maximum atomic E-state index is 12.3. The van der Waals surface area contributed by atoms with Crippen molar-refractivity contribution >= 4 is 28.3 Å². The fourth-order valence-electron chi connectivity index (χ4n) is 2.43. The molecule has 0 saturated carbocycles. The smallest absolute Gasteiger partial charge is 0.279 e. The highest BCUT2D eigenvalue weighted by Gasteiger charge is 2.30. The van der Waals surface area contributed by atoms with E-state index in [1.807, 2.05) is 38.1 Å². The summed E-state index contributed by atoms with van der Waals surface area (Å²) < 4.78 is 34.2. The number of anilines is 1. The number of morpholine rings is 1. The number of nitrogen functional groups attached to an aromatic ring is 1. The van der Waals surface area contributed by atoms with Crippen LogP contribution in [0, 0.1) is 0 Å². The minimum Gasteiger partial charge on any atom is -0.399 e. The van der Waals surface area contributed by atoms with Crippen LogP contribution >= 0.6 is 12.4 Å². The molecule has 0 bridgehead atoms. The number of ether oxygens (including phenoxy) is 1. The molecule has 22 heavy (non-hydrogen) atoms. The Labute approximate surface area is 138 Å². The van der Waals surface area contributed by atoms with Crippen LogP contribution in [0.4, 0.5) is 5.69 Å². The number of nitrogens with two attached hydrogens (primary N) is 1. The van der Waals surface area contributed by atoms with Crippen molar-refractivity contribution in [2.45, 2.75) is 32.5 Å². The molecule has 126 valence electrons. The van der Waals surface area contributed by atoms with Gasteiger partial charge >= 0.3 is 0 Å². The predicted molar refractivity (Wildman–Crippen MR) is 90.3 cm³/mol. The monoisotopic (exact) mass is 349 g/mol. The lowest BCUT2D eigenvalue weighted by molar-refractivity contribution is -0.0443.